The van der Waals surface area contributed by atoms with E-state index in [1.807, 2.05) is 38.4 Å². The first-order valence-electron chi connectivity index (χ1n) is 15.4. The first-order valence-corrected chi connectivity index (χ1v) is 15.4. The van der Waals surface area contributed by atoms with E-state index in [1.165, 1.54) is 0 Å². The molecule has 0 spiro atoms. The van der Waals surface area contributed by atoms with Gasteiger partial charge in [0.2, 0.25) is 17.7 Å². The Morgan fingerprint density at radius 1 is 0.778 bits per heavy atom. The van der Waals surface area contributed by atoms with E-state index in [1.54, 1.807) is 24.3 Å². The van der Waals surface area contributed by atoms with Gasteiger partial charge in [-0.2, -0.15) is 15.0 Å². The zero-order valence-electron chi connectivity index (χ0n) is 25.7. The number of ketones is 1. The maximum atomic E-state index is 13.0. The molecule has 2 saturated heterocycles. The summed E-state index contributed by atoms with van der Waals surface area (Å²) in [5.74, 6) is 1.76. The van der Waals surface area contributed by atoms with Gasteiger partial charge in [-0.15, -0.1) is 0 Å². The van der Waals surface area contributed by atoms with Gasteiger partial charge in [-0.1, -0.05) is 0 Å². The number of aromatic nitrogens is 3. The van der Waals surface area contributed by atoms with E-state index in [2.05, 4.69) is 30.3 Å². The number of morpholine rings is 2. The lowest BCUT2D eigenvalue weighted by atomic mass is 9.96. The number of urea groups is 1. The number of carbonyl (C=O) groups is 2. The average Bonchev–Trinajstić information content (AvgIpc) is 3.09. The summed E-state index contributed by atoms with van der Waals surface area (Å²) in [5, 5.41) is 5.69. The first kappa shape index (κ1) is 30.6. The van der Waals surface area contributed by atoms with Crippen LogP contribution in [0.3, 0.4) is 0 Å². The van der Waals surface area contributed by atoms with Crippen LogP contribution in [0.1, 0.15) is 23.2 Å². The van der Waals surface area contributed by atoms with Crippen molar-refractivity contribution < 1.29 is 19.1 Å². The van der Waals surface area contributed by atoms with Crippen LogP contribution in [0.25, 0.3) is 11.4 Å². The summed E-state index contributed by atoms with van der Waals surface area (Å²) in [7, 11) is 4.05. The third kappa shape index (κ3) is 7.62. The molecule has 3 aliphatic rings. The number of rotatable bonds is 8. The van der Waals surface area contributed by atoms with E-state index in [9.17, 15) is 9.59 Å². The Morgan fingerprint density at radius 3 is 1.84 bits per heavy atom. The van der Waals surface area contributed by atoms with Gasteiger partial charge in [0.15, 0.2) is 5.82 Å². The van der Waals surface area contributed by atoms with E-state index >= 15 is 0 Å². The number of nitrogens with one attached hydrogen (secondary N) is 2. The van der Waals surface area contributed by atoms with Gasteiger partial charge in [-0.05, 0) is 69.0 Å². The Labute approximate surface area is 262 Å². The summed E-state index contributed by atoms with van der Waals surface area (Å²) < 4.78 is 11.0. The van der Waals surface area contributed by atoms with E-state index in [0.29, 0.717) is 85.8 Å². The number of anilines is 4. The van der Waals surface area contributed by atoms with Crippen molar-refractivity contribution in [1.29, 1.82) is 0 Å². The Bertz CT molecular complexity index is 1480. The zero-order chi connectivity index (χ0) is 31.2. The molecule has 45 heavy (non-hydrogen) atoms. The molecule has 2 N–H and O–H groups in total. The van der Waals surface area contributed by atoms with Crippen molar-refractivity contribution in [1.82, 2.24) is 19.9 Å². The zero-order valence-corrected chi connectivity index (χ0v) is 25.7. The molecule has 0 radical (unpaired) electrons. The summed E-state index contributed by atoms with van der Waals surface area (Å²) in [5.41, 5.74) is 3.17. The normalized spacial score (nSPS) is 18.8. The van der Waals surface area contributed by atoms with Crippen LogP contribution < -0.4 is 20.4 Å². The molecule has 3 aromatic rings. The number of ether oxygens (including phenoxy) is 2. The van der Waals surface area contributed by atoms with E-state index in [0.717, 1.165) is 38.2 Å². The summed E-state index contributed by atoms with van der Waals surface area (Å²) in [6, 6.07) is 14.2. The van der Waals surface area contributed by atoms with E-state index in [-0.39, 0.29) is 5.78 Å². The molecule has 1 aromatic heterocycles. The molecule has 1 unspecified atom stereocenters. The maximum Gasteiger partial charge on any atom is 0.323 e. The molecule has 4 heterocycles. The molecule has 3 aliphatic heterocycles. The number of nitrogens with zero attached hydrogens (tertiary/aromatic N) is 7. The Hall–Kier alpha value is -4.46. The van der Waals surface area contributed by atoms with Gasteiger partial charge in [0.1, 0.15) is 0 Å². The number of benzene rings is 2. The molecule has 236 valence electrons. The molecule has 0 saturated carbocycles. The minimum absolute atomic E-state index is 0.0649. The SMILES string of the molecule is CN(C)C1CCN=C(C(=O)c2ccc(NC(=O)Nc3ccc(-c4nc(N5CCOCC5)nc(N5CCOCC5)n4)cc3)cc2)C1. The molecule has 0 bridgehead atoms. The van der Waals surface area contributed by atoms with Crippen molar-refractivity contribution in [2.24, 2.45) is 4.99 Å². The van der Waals surface area contributed by atoms with Gasteiger partial charge in [-0.3, -0.25) is 9.79 Å². The predicted molar refractivity (Wildman–Crippen MR) is 174 cm³/mol. The number of amides is 2. The van der Waals surface area contributed by atoms with Crippen molar-refractivity contribution >= 4 is 40.8 Å². The maximum absolute atomic E-state index is 13.0. The summed E-state index contributed by atoms with van der Waals surface area (Å²) in [6.07, 6.45) is 1.60. The number of carbonyl (C=O) groups excluding carboxylic acids is 2. The van der Waals surface area contributed by atoms with Gasteiger partial charge >= 0.3 is 6.03 Å². The minimum Gasteiger partial charge on any atom is -0.378 e. The first-order chi connectivity index (χ1) is 21.9. The van der Waals surface area contributed by atoms with Crippen LogP contribution in [0.5, 0.6) is 0 Å². The van der Waals surface area contributed by atoms with Crippen LogP contribution in [0.2, 0.25) is 0 Å². The highest BCUT2D eigenvalue weighted by Crippen LogP contribution is 2.24. The minimum atomic E-state index is -0.392. The number of hydrogen-bond donors (Lipinski definition) is 2. The largest absolute Gasteiger partial charge is 0.378 e. The van der Waals surface area contributed by atoms with Gasteiger partial charge < -0.3 is 34.8 Å². The molecule has 2 fully saturated rings. The summed E-state index contributed by atoms with van der Waals surface area (Å²) in [4.78, 5) is 51.0. The van der Waals surface area contributed by atoms with E-state index in [4.69, 9.17) is 24.4 Å². The number of hydrogen-bond acceptors (Lipinski definition) is 11. The molecular weight excluding hydrogens is 574 g/mol. The van der Waals surface area contributed by atoms with Gasteiger partial charge in [-0.25, -0.2) is 4.79 Å². The van der Waals surface area contributed by atoms with Crippen LogP contribution in [0.4, 0.5) is 28.1 Å². The third-order valence-corrected chi connectivity index (χ3v) is 8.19. The predicted octanol–water partition coefficient (Wildman–Crippen LogP) is 3.20. The second-order valence-electron chi connectivity index (χ2n) is 11.5. The fourth-order valence-corrected chi connectivity index (χ4v) is 5.50. The number of aliphatic imine (C=N–C) groups is 1. The molecule has 2 aromatic carbocycles. The molecule has 1 atom stereocenters. The van der Waals surface area contributed by atoms with Crippen LogP contribution in [0.15, 0.2) is 53.5 Å². The average molecular weight is 614 g/mol. The molecule has 13 heteroatoms. The monoisotopic (exact) mass is 613 g/mol. The second kappa shape index (κ2) is 14.1. The Balaban J connectivity index is 1.09. The molecule has 13 nitrogen and oxygen atoms in total. The smallest absolute Gasteiger partial charge is 0.323 e. The second-order valence-corrected chi connectivity index (χ2v) is 11.5. The van der Waals surface area contributed by atoms with Crippen molar-refractivity contribution in [3.8, 4) is 11.4 Å². The van der Waals surface area contributed by atoms with Gasteiger partial charge in [0.25, 0.3) is 0 Å². The molecular formula is C32H39N9O4. The lowest BCUT2D eigenvalue weighted by Gasteiger charge is -2.30. The van der Waals surface area contributed by atoms with Gasteiger partial charge in [0, 0.05) is 67.7 Å². The van der Waals surface area contributed by atoms with Crippen LogP contribution in [-0.4, -0.2) is 117 Å². The lowest BCUT2D eigenvalue weighted by Crippen LogP contribution is -2.40. The number of Topliss-reactive ketones (excluding diaryl/α,β-unsaturated/α-hetero) is 1. The fraction of sp³-hybridized carbons (Fsp3) is 0.438. The topological polar surface area (TPSA) is 137 Å². The van der Waals surface area contributed by atoms with Crippen LogP contribution in [-0.2, 0) is 9.47 Å². The fourth-order valence-electron chi connectivity index (χ4n) is 5.50. The molecule has 6 rings (SSSR count). The van der Waals surface area contributed by atoms with E-state index < -0.39 is 6.03 Å². The summed E-state index contributed by atoms with van der Waals surface area (Å²) in [6.45, 7) is 6.05. The van der Waals surface area contributed by atoms with Crippen molar-refractivity contribution in [2.45, 2.75) is 18.9 Å². The van der Waals surface area contributed by atoms with Gasteiger partial charge in [0.05, 0.1) is 32.1 Å². The van der Waals surface area contributed by atoms with Crippen molar-refractivity contribution in [2.75, 3.05) is 93.7 Å². The van der Waals surface area contributed by atoms with Crippen LogP contribution >= 0.6 is 0 Å². The van der Waals surface area contributed by atoms with Crippen molar-refractivity contribution in [3.63, 3.8) is 0 Å². The Kier molecular flexibility index (Phi) is 9.58. The van der Waals surface area contributed by atoms with Crippen LogP contribution in [0, 0.1) is 0 Å². The highest BCUT2D eigenvalue weighted by molar-refractivity contribution is 6.46. The Morgan fingerprint density at radius 2 is 1.31 bits per heavy atom. The molecule has 0 aliphatic carbocycles. The lowest BCUT2D eigenvalue weighted by molar-refractivity contribution is 0.105. The highest BCUT2D eigenvalue weighted by Gasteiger charge is 2.24. The standard InChI is InChI=1S/C32H39N9O4/c1-39(2)26-11-12-33-27(21-26)28(42)22-3-7-24(8-4-22)34-32(43)35-25-9-5-23(6-10-25)29-36-30(40-13-17-44-18-14-40)38-31(37-29)41-15-19-45-20-16-41/h3-10,26H,11-21H2,1-2H3,(H2,34,35,43). The summed E-state index contributed by atoms with van der Waals surface area (Å²) >= 11 is 0. The third-order valence-electron chi connectivity index (χ3n) is 8.19. The van der Waals surface area contributed by atoms with Crippen molar-refractivity contribution in [3.05, 3.63) is 54.1 Å². The quantitative estimate of drug-likeness (QED) is 0.365. The highest BCUT2D eigenvalue weighted by atomic mass is 16.5. The molecule has 2 amide bonds.